The lowest BCUT2D eigenvalue weighted by Gasteiger charge is -2.29. The fraction of sp³-hybridized carbons (Fsp3) is 0.467. The number of hydrogen-bond donors (Lipinski definition) is 1. The maximum atomic E-state index is 12.5. The van der Waals surface area contributed by atoms with Gasteiger partial charge < -0.3 is 10.1 Å². The molecule has 0 bridgehead atoms. The van der Waals surface area contributed by atoms with Crippen molar-refractivity contribution in [3.63, 3.8) is 0 Å². The van der Waals surface area contributed by atoms with E-state index in [0.717, 1.165) is 17.6 Å². The number of aromatic nitrogens is 1. The summed E-state index contributed by atoms with van der Waals surface area (Å²) in [7, 11) is -1.85. The number of nitro groups is 1. The highest BCUT2D eigenvalue weighted by atomic mass is 32.2. The van der Waals surface area contributed by atoms with Crippen molar-refractivity contribution in [2.24, 2.45) is 5.92 Å². The van der Waals surface area contributed by atoms with Gasteiger partial charge in [0, 0.05) is 25.1 Å². The molecule has 1 aliphatic heterocycles. The molecule has 10 nitrogen and oxygen atoms in total. The van der Waals surface area contributed by atoms with Crippen LogP contribution in [0.2, 0.25) is 0 Å². The zero-order chi connectivity index (χ0) is 19.8. The number of ether oxygens (including phenoxy) is 1. The number of nitrogens with one attached hydrogen (secondary N) is 1. The van der Waals surface area contributed by atoms with Gasteiger partial charge in [-0.25, -0.2) is 17.7 Å². The van der Waals surface area contributed by atoms with Crippen LogP contribution < -0.4 is 10.1 Å². The first-order valence-corrected chi connectivity index (χ1v) is 10.7. The van der Waals surface area contributed by atoms with Crippen molar-refractivity contribution < 1.29 is 22.9 Å². The standard InChI is InChI=1S/C15H18N4O6S2/c1-25-11-7-10(19(21)22)8-12-13(11)16-15(26-12)17-14(20)9-3-5-18(6-4-9)27(2,23)24/h7-9H,3-6H2,1-2H3,(H,16,17,20). The van der Waals surface area contributed by atoms with Gasteiger partial charge in [-0.1, -0.05) is 11.3 Å². The van der Waals surface area contributed by atoms with E-state index in [0.29, 0.717) is 41.3 Å². The molecular weight excluding hydrogens is 396 g/mol. The number of piperidine rings is 1. The van der Waals surface area contributed by atoms with Crippen LogP contribution in [-0.4, -0.2) is 55.0 Å². The number of non-ortho nitro benzene ring substituents is 1. The molecule has 1 aliphatic rings. The van der Waals surface area contributed by atoms with E-state index < -0.39 is 14.9 Å². The monoisotopic (exact) mass is 414 g/mol. The van der Waals surface area contributed by atoms with E-state index in [-0.39, 0.29) is 23.3 Å². The number of carbonyl (C=O) groups is 1. The fourth-order valence-corrected chi connectivity index (χ4v) is 4.75. The van der Waals surface area contributed by atoms with Crippen LogP contribution in [0.25, 0.3) is 10.2 Å². The van der Waals surface area contributed by atoms with Crippen LogP contribution in [0.1, 0.15) is 12.8 Å². The molecule has 0 radical (unpaired) electrons. The molecule has 0 aliphatic carbocycles. The molecule has 0 unspecified atom stereocenters. The Balaban J connectivity index is 1.75. The zero-order valence-electron chi connectivity index (χ0n) is 14.7. The number of carbonyl (C=O) groups excluding carboxylic acids is 1. The molecule has 1 amide bonds. The number of sulfonamides is 1. The lowest BCUT2D eigenvalue weighted by atomic mass is 9.97. The summed E-state index contributed by atoms with van der Waals surface area (Å²) in [6.45, 7) is 0.605. The molecular formula is C15H18N4O6S2. The molecule has 1 N–H and O–H groups in total. The van der Waals surface area contributed by atoms with E-state index in [1.165, 1.54) is 23.5 Å². The Morgan fingerprint density at radius 3 is 2.63 bits per heavy atom. The number of nitrogens with zero attached hydrogens (tertiary/aromatic N) is 3. The minimum absolute atomic E-state index is 0.117. The van der Waals surface area contributed by atoms with Crippen molar-refractivity contribution in [1.82, 2.24) is 9.29 Å². The average molecular weight is 414 g/mol. The molecule has 2 aromatic rings. The summed E-state index contributed by atoms with van der Waals surface area (Å²) in [5.74, 6) is -0.292. The molecule has 1 saturated heterocycles. The molecule has 1 fully saturated rings. The molecule has 1 aromatic carbocycles. The summed E-state index contributed by atoms with van der Waals surface area (Å²) in [6.07, 6.45) is 2.01. The van der Waals surface area contributed by atoms with Crippen LogP contribution in [0.15, 0.2) is 12.1 Å². The number of benzene rings is 1. The lowest BCUT2D eigenvalue weighted by Crippen LogP contribution is -2.40. The topological polar surface area (TPSA) is 132 Å². The Hall–Kier alpha value is -2.31. The van der Waals surface area contributed by atoms with Gasteiger partial charge in [-0.2, -0.15) is 0 Å². The molecule has 146 valence electrons. The summed E-state index contributed by atoms with van der Waals surface area (Å²) in [5.41, 5.74) is 0.323. The summed E-state index contributed by atoms with van der Waals surface area (Å²) >= 11 is 1.12. The van der Waals surface area contributed by atoms with Gasteiger partial charge in [0.25, 0.3) is 5.69 Å². The van der Waals surface area contributed by atoms with Crippen molar-refractivity contribution in [3.05, 3.63) is 22.2 Å². The average Bonchev–Trinajstić information content (AvgIpc) is 3.02. The first-order valence-electron chi connectivity index (χ1n) is 8.08. The third kappa shape index (κ3) is 4.17. The van der Waals surface area contributed by atoms with Crippen LogP contribution in [-0.2, 0) is 14.8 Å². The van der Waals surface area contributed by atoms with Crippen LogP contribution >= 0.6 is 11.3 Å². The summed E-state index contributed by atoms with van der Waals surface area (Å²) in [6, 6.07) is 2.67. The molecule has 12 heteroatoms. The number of hydrogen-bond acceptors (Lipinski definition) is 8. The van der Waals surface area contributed by atoms with Gasteiger partial charge in [0.05, 0.1) is 29.1 Å². The van der Waals surface area contributed by atoms with Gasteiger partial charge in [0.2, 0.25) is 15.9 Å². The second kappa shape index (κ2) is 7.37. The fourth-order valence-electron chi connectivity index (χ4n) is 2.96. The third-order valence-electron chi connectivity index (χ3n) is 4.40. The number of methoxy groups -OCH3 is 1. The minimum atomic E-state index is -3.25. The van der Waals surface area contributed by atoms with Crippen molar-refractivity contribution in [3.8, 4) is 5.75 Å². The maximum Gasteiger partial charge on any atom is 0.274 e. The van der Waals surface area contributed by atoms with Gasteiger partial charge >= 0.3 is 0 Å². The highest BCUT2D eigenvalue weighted by molar-refractivity contribution is 7.88. The molecule has 27 heavy (non-hydrogen) atoms. The molecule has 3 rings (SSSR count). The molecule has 2 heterocycles. The van der Waals surface area contributed by atoms with E-state index in [1.54, 1.807) is 0 Å². The van der Waals surface area contributed by atoms with Gasteiger partial charge in [-0.15, -0.1) is 0 Å². The molecule has 1 aromatic heterocycles. The van der Waals surface area contributed by atoms with Crippen LogP contribution in [0, 0.1) is 16.0 Å². The van der Waals surface area contributed by atoms with E-state index in [2.05, 4.69) is 10.3 Å². The van der Waals surface area contributed by atoms with Crippen molar-refractivity contribution in [1.29, 1.82) is 0 Å². The Kier molecular flexibility index (Phi) is 5.31. The highest BCUT2D eigenvalue weighted by Crippen LogP contribution is 2.36. The Labute approximate surface area is 159 Å². The second-order valence-corrected chi connectivity index (χ2v) is 9.21. The third-order valence-corrected chi connectivity index (χ3v) is 6.62. The predicted molar refractivity (Wildman–Crippen MR) is 101 cm³/mol. The Morgan fingerprint density at radius 1 is 1.41 bits per heavy atom. The van der Waals surface area contributed by atoms with Gasteiger partial charge in [-0.3, -0.25) is 14.9 Å². The minimum Gasteiger partial charge on any atom is -0.494 e. The quantitative estimate of drug-likeness (QED) is 0.583. The molecule has 0 saturated carbocycles. The maximum absolute atomic E-state index is 12.5. The predicted octanol–water partition coefficient (Wildman–Crippen LogP) is 1.82. The number of rotatable bonds is 5. The zero-order valence-corrected chi connectivity index (χ0v) is 16.3. The lowest BCUT2D eigenvalue weighted by molar-refractivity contribution is -0.384. The molecule has 0 atom stereocenters. The van der Waals surface area contributed by atoms with Crippen LogP contribution in [0.5, 0.6) is 5.75 Å². The highest BCUT2D eigenvalue weighted by Gasteiger charge is 2.29. The van der Waals surface area contributed by atoms with E-state index in [4.69, 9.17) is 4.74 Å². The van der Waals surface area contributed by atoms with E-state index >= 15 is 0 Å². The Bertz CT molecular complexity index is 995. The molecule has 0 spiro atoms. The summed E-state index contributed by atoms with van der Waals surface area (Å²) < 4.78 is 30.1. The first kappa shape index (κ1) is 19.5. The number of thiazole rings is 1. The SMILES string of the molecule is COc1cc([N+](=O)[O-])cc2sc(NC(=O)C3CCN(S(C)(=O)=O)CC3)nc12. The van der Waals surface area contributed by atoms with Gasteiger partial charge in [-0.05, 0) is 12.8 Å². The van der Waals surface area contributed by atoms with Crippen LogP contribution in [0.3, 0.4) is 0 Å². The number of anilines is 1. The number of nitro benzene ring substituents is 1. The van der Waals surface area contributed by atoms with Crippen molar-refractivity contribution >= 4 is 48.3 Å². The van der Waals surface area contributed by atoms with Crippen molar-refractivity contribution in [2.45, 2.75) is 12.8 Å². The summed E-state index contributed by atoms with van der Waals surface area (Å²) in [5, 5.41) is 14.1. The van der Waals surface area contributed by atoms with E-state index in [1.807, 2.05) is 0 Å². The summed E-state index contributed by atoms with van der Waals surface area (Å²) in [4.78, 5) is 27.3. The van der Waals surface area contributed by atoms with Gasteiger partial charge in [0.15, 0.2) is 10.9 Å². The normalized spacial score (nSPS) is 16.4. The van der Waals surface area contributed by atoms with E-state index in [9.17, 15) is 23.3 Å². The largest absolute Gasteiger partial charge is 0.494 e. The van der Waals surface area contributed by atoms with Gasteiger partial charge in [0.1, 0.15) is 5.52 Å². The number of amides is 1. The van der Waals surface area contributed by atoms with Crippen molar-refractivity contribution in [2.75, 3.05) is 31.8 Å². The smallest absolute Gasteiger partial charge is 0.274 e. The van der Waals surface area contributed by atoms with Crippen LogP contribution in [0.4, 0.5) is 10.8 Å². The first-order chi connectivity index (χ1) is 12.7. The second-order valence-electron chi connectivity index (χ2n) is 6.20. The number of fused-ring (bicyclic) bond motifs is 1. The Morgan fingerprint density at radius 2 is 2.07 bits per heavy atom.